The number of carbonyl (C=O) groups excluding carboxylic acids is 1. The number of nitrogens with zero attached hydrogens (tertiary/aromatic N) is 1. The highest BCUT2D eigenvalue weighted by atomic mass is 16.7. The zero-order valence-electron chi connectivity index (χ0n) is 16.1. The molecule has 2 aromatic carbocycles. The number of likely N-dealkylation sites (tertiary alicyclic amines) is 1. The lowest BCUT2D eigenvalue weighted by atomic mass is 9.90. The summed E-state index contributed by atoms with van der Waals surface area (Å²) in [6.45, 7) is 2.84. The van der Waals surface area contributed by atoms with Crippen LogP contribution in [0.4, 0.5) is 0 Å². The van der Waals surface area contributed by atoms with Gasteiger partial charge in [-0.1, -0.05) is 30.4 Å². The predicted octanol–water partition coefficient (Wildman–Crippen LogP) is 4.03. The molecule has 5 nitrogen and oxygen atoms in total. The number of hydrogen-bond donors (Lipinski definition) is 0. The number of Topliss-reactive ketones (excluding diaryl/α,β-unsaturated/α-hetero) is 1. The van der Waals surface area contributed by atoms with Crippen LogP contribution in [0, 0.1) is 5.92 Å². The summed E-state index contributed by atoms with van der Waals surface area (Å²) in [6.07, 6.45) is 6.19. The maximum absolute atomic E-state index is 13.0. The number of fused-ring (bicyclic) bond motifs is 1. The number of ether oxygens (including phenoxy) is 3. The van der Waals surface area contributed by atoms with Crippen LogP contribution in [0.1, 0.15) is 28.8 Å². The molecule has 0 unspecified atom stereocenters. The van der Waals surface area contributed by atoms with Crippen LogP contribution >= 0.6 is 0 Å². The monoisotopic (exact) mass is 379 g/mol. The van der Waals surface area contributed by atoms with Crippen LogP contribution < -0.4 is 14.2 Å². The third-order valence-electron chi connectivity index (χ3n) is 5.33. The van der Waals surface area contributed by atoms with Crippen molar-refractivity contribution in [2.45, 2.75) is 12.8 Å². The Morgan fingerprint density at radius 1 is 1.21 bits per heavy atom. The van der Waals surface area contributed by atoms with Gasteiger partial charge in [-0.15, -0.1) is 0 Å². The largest absolute Gasteiger partial charge is 0.496 e. The second-order valence-electron chi connectivity index (χ2n) is 7.18. The molecule has 0 bridgehead atoms. The lowest BCUT2D eigenvalue weighted by Crippen LogP contribution is -2.38. The van der Waals surface area contributed by atoms with E-state index in [2.05, 4.69) is 17.1 Å². The van der Waals surface area contributed by atoms with E-state index in [0.29, 0.717) is 17.1 Å². The van der Waals surface area contributed by atoms with Crippen LogP contribution in [0.15, 0.2) is 48.5 Å². The van der Waals surface area contributed by atoms with E-state index in [1.54, 1.807) is 7.11 Å². The quantitative estimate of drug-likeness (QED) is 0.709. The Bertz CT molecular complexity index is 877. The third-order valence-corrected chi connectivity index (χ3v) is 5.33. The van der Waals surface area contributed by atoms with Crippen molar-refractivity contribution in [3.8, 4) is 17.2 Å². The van der Waals surface area contributed by atoms with E-state index in [1.807, 2.05) is 42.5 Å². The molecule has 146 valence electrons. The first-order chi connectivity index (χ1) is 13.7. The summed E-state index contributed by atoms with van der Waals surface area (Å²) in [6, 6.07) is 13.4. The fourth-order valence-electron chi connectivity index (χ4n) is 3.85. The molecule has 4 rings (SSSR count). The van der Waals surface area contributed by atoms with Gasteiger partial charge in [0.2, 0.25) is 6.79 Å². The first kappa shape index (κ1) is 18.6. The average molecular weight is 379 g/mol. The van der Waals surface area contributed by atoms with Crippen LogP contribution in [0.2, 0.25) is 0 Å². The Kier molecular flexibility index (Phi) is 5.63. The Balaban J connectivity index is 1.37. The van der Waals surface area contributed by atoms with Crippen LogP contribution in [-0.4, -0.2) is 44.2 Å². The van der Waals surface area contributed by atoms with Gasteiger partial charge in [-0.25, -0.2) is 0 Å². The Hall–Kier alpha value is -2.79. The highest BCUT2D eigenvalue weighted by Gasteiger charge is 2.27. The molecule has 0 spiro atoms. The first-order valence-corrected chi connectivity index (χ1v) is 9.70. The van der Waals surface area contributed by atoms with E-state index < -0.39 is 0 Å². The topological polar surface area (TPSA) is 48.0 Å². The molecule has 1 saturated heterocycles. The van der Waals surface area contributed by atoms with Gasteiger partial charge < -0.3 is 14.2 Å². The molecule has 2 aliphatic heterocycles. The molecule has 0 radical (unpaired) electrons. The minimum atomic E-state index is 0.0220. The van der Waals surface area contributed by atoms with Crippen molar-refractivity contribution in [3.63, 3.8) is 0 Å². The minimum Gasteiger partial charge on any atom is -0.496 e. The number of piperidine rings is 1. The number of para-hydroxylation sites is 1. The van der Waals surface area contributed by atoms with E-state index in [0.717, 1.165) is 43.8 Å². The normalized spacial score (nSPS) is 19.1. The Morgan fingerprint density at radius 2 is 2.07 bits per heavy atom. The van der Waals surface area contributed by atoms with Crippen LogP contribution in [0.25, 0.3) is 6.08 Å². The molecule has 1 fully saturated rings. The van der Waals surface area contributed by atoms with Crippen molar-refractivity contribution in [2.24, 2.45) is 5.92 Å². The number of ketones is 1. The van der Waals surface area contributed by atoms with Gasteiger partial charge in [0.15, 0.2) is 17.3 Å². The summed E-state index contributed by atoms with van der Waals surface area (Å²) >= 11 is 0. The minimum absolute atomic E-state index is 0.0220. The molecule has 0 amide bonds. The van der Waals surface area contributed by atoms with E-state index in [4.69, 9.17) is 14.2 Å². The van der Waals surface area contributed by atoms with E-state index in [-0.39, 0.29) is 18.5 Å². The van der Waals surface area contributed by atoms with Crippen LogP contribution in [0.3, 0.4) is 0 Å². The van der Waals surface area contributed by atoms with E-state index in [1.165, 1.54) is 0 Å². The number of carbonyl (C=O) groups is 1. The molecule has 0 aromatic heterocycles. The summed E-state index contributed by atoms with van der Waals surface area (Å²) < 4.78 is 16.1. The third kappa shape index (κ3) is 4.04. The smallest absolute Gasteiger partial charge is 0.231 e. The molecule has 0 N–H and O–H groups in total. The zero-order valence-corrected chi connectivity index (χ0v) is 16.1. The fraction of sp³-hybridized carbons (Fsp3) is 0.348. The molecular formula is C23H25NO4. The predicted molar refractivity (Wildman–Crippen MR) is 108 cm³/mol. The van der Waals surface area contributed by atoms with Gasteiger partial charge >= 0.3 is 0 Å². The molecule has 5 heteroatoms. The van der Waals surface area contributed by atoms with Crippen molar-refractivity contribution >= 4 is 11.9 Å². The maximum atomic E-state index is 13.0. The average Bonchev–Trinajstić information content (AvgIpc) is 3.21. The van der Waals surface area contributed by atoms with Crippen molar-refractivity contribution < 1.29 is 19.0 Å². The molecule has 28 heavy (non-hydrogen) atoms. The molecular weight excluding hydrogens is 354 g/mol. The summed E-state index contributed by atoms with van der Waals surface area (Å²) in [5, 5.41) is 0. The first-order valence-electron chi connectivity index (χ1n) is 9.70. The second kappa shape index (κ2) is 8.48. The van der Waals surface area contributed by atoms with E-state index in [9.17, 15) is 4.79 Å². The zero-order chi connectivity index (χ0) is 19.3. The summed E-state index contributed by atoms with van der Waals surface area (Å²) in [5.41, 5.74) is 1.77. The van der Waals surface area contributed by atoms with Gasteiger partial charge in [0.05, 0.1) is 7.11 Å². The number of methoxy groups -OCH3 is 1. The van der Waals surface area contributed by atoms with Crippen LogP contribution in [-0.2, 0) is 0 Å². The van der Waals surface area contributed by atoms with Gasteiger partial charge in [0.25, 0.3) is 0 Å². The fourth-order valence-corrected chi connectivity index (χ4v) is 3.85. The second-order valence-corrected chi connectivity index (χ2v) is 7.18. The standard InChI is InChI=1S/C23H25NO4/c1-26-20-9-3-2-6-17(20)7-4-12-24-13-5-8-19(15-24)23(25)18-10-11-21-22(14-18)28-16-27-21/h2-4,6-7,9-11,14,19H,5,8,12-13,15-16H2,1H3/b7-4+/t19-/m0/s1. The number of hydrogen-bond acceptors (Lipinski definition) is 5. The Labute approximate surface area is 165 Å². The van der Waals surface area contributed by atoms with Gasteiger partial charge in [-0.3, -0.25) is 9.69 Å². The lowest BCUT2D eigenvalue weighted by molar-refractivity contribution is 0.0831. The van der Waals surface area contributed by atoms with Crippen molar-refractivity contribution in [1.82, 2.24) is 4.90 Å². The molecule has 2 aliphatic rings. The SMILES string of the molecule is COc1ccccc1/C=C/CN1CCC[C@H](C(=O)c2ccc3c(c2)OCO3)C1. The van der Waals surface area contributed by atoms with Crippen molar-refractivity contribution in [3.05, 3.63) is 59.7 Å². The molecule has 0 aliphatic carbocycles. The Morgan fingerprint density at radius 3 is 2.96 bits per heavy atom. The summed E-state index contributed by atoms with van der Waals surface area (Å²) in [4.78, 5) is 15.3. The van der Waals surface area contributed by atoms with E-state index >= 15 is 0 Å². The maximum Gasteiger partial charge on any atom is 0.231 e. The summed E-state index contributed by atoms with van der Waals surface area (Å²) in [7, 11) is 1.68. The number of benzene rings is 2. The molecule has 0 saturated carbocycles. The molecule has 1 atom stereocenters. The van der Waals surface area contributed by atoms with Crippen LogP contribution in [0.5, 0.6) is 17.2 Å². The van der Waals surface area contributed by atoms with Gasteiger partial charge in [0, 0.05) is 30.1 Å². The highest BCUT2D eigenvalue weighted by molar-refractivity contribution is 5.98. The van der Waals surface area contributed by atoms with Crippen molar-refractivity contribution in [1.29, 1.82) is 0 Å². The highest BCUT2D eigenvalue weighted by Crippen LogP contribution is 2.33. The van der Waals surface area contributed by atoms with Crippen molar-refractivity contribution in [2.75, 3.05) is 33.5 Å². The molecule has 2 aromatic rings. The van der Waals surface area contributed by atoms with Gasteiger partial charge in [-0.2, -0.15) is 0 Å². The number of rotatable bonds is 6. The van der Waals surface area contributed by atoms with Gasteiger partial charge in [-0.05, 0) is 43.7 Å². The lowest BCUT2D eigenvalue weighted by Gasteiger charge is -2.31. The van der Waals surface area contributed by atoms with Gasteiger partial charge in [0.1, 0.15) is 5.75 Å². The molecule has 2 heterocycles. The summed E-state index contributed by atoms with van der Waals surface area (Å²) in [5.74, 6) is 2.46.